The van der Waals surface area contributed by atoms with E-state index in [1.165, 1.54) is 0 Å². The number of hydrogen-bond acceptors (Lipinski definition) is 3. The molecule has 1 aromatic heterocycles. The third-order valence-corrected chi connectivity index (χ3v) is 2.90. The molecule has 7 heteroatoms. The molecular weight excluding hydrogens is 383 g/mol. The van der Waals surface area contributed by atoms with Crippen molar-refractivity contribution in [3.8, 4) is 0 Å². The van der Waals surface area contributed by atoms with E-state index >= 15 is 0 Å². The van der Waals surface area contributed by atoms with E-state index in [9.17, 15) is 4.79 Å². The van der Waals surface area contributed by atoms with Crippen molar-refractivity contribution < 1.29 is 9.21 Å². The highest BCUT2D eigenvalue weighted by Gasteiger charge is 2.05. The lowest BCUT2D eigenvalue weighted by molar-refractivity contribution is -0.121. The number of rotatable bonds is 7. The van der Waals surface area contributed by atoms with Gasteiger partial charge in [0.1, 0.15) is 5.76 Å². The number of nitrogens with zero attached hydrogens (tertiary/aromatic N) is 1. The molecule has 0 radical (unpaired) electrons. The van der Waals surface area contributed by atoms with Gasteiger partial charge in [0.05, 0.1) is 12.8 Å². The molecule has 0 spiro atoms. The van der Waals surface area contributed by atoms with Crippen LogP contribution in [0.3, 0.4) is 0 Å². The molecular formula is C14H25IN4O2. The number of guanidine groups is 1. The van der Waals surface area contributed by atoms with Gasteiger partial charge < -0.3 is 20.4 Å². The first-order chi connectivity index (χ1) is 9.65. The number of amides is 1. The molecule has 0 aliphatic heterocycles. The van der Waals surface area contributed by atoms with Crippen LogP contribution in [0.25, 0.3) is 0 Å². The van der Waals surface area contributed by atoms with Crippen LogP contribution in [-0.4, -0.2) is 31.5 Å². The highest BCUT2D eigenvalue weighted by atomic mass is 127. The lowest BCUT2D eigenvalue weighted by atomic mass is 10.2. The minimum absolute atomic E-state index is 0. The molecule has 1 rings (SSSR count). The summed E-state index contributed by atoms with van der Waals surface area (Å²) in [5, 5.41) is 9.12. The SMILES string of the molecule is CCC(C)NC(=O)CCNC(=NC)NCc1ccco1.I. The van der Waals surface area contributed by atoms with Crippen LogP contribution in [0.1, 0.15) is 32.4 Å². The summed E-state index contributed by atoms with van der Waals surface area (Å²) in [6.07, 6.45) is 2.99. The zero-order valence-electron chi connectivity index (χ0n) is 12.8. The van der Waals surface area contributed by atoms with Crippen molar-refractivity contribution in [1.82, 2.24) is 16.0 Å². The first-order valence-electron chi connectivity index (χ1n) is 6.92. The number of nitrogens with one attached hydrogen (secondary N) is 3. The molecule has 1 aromatic rings. The van der Waals surface area contributed by atoms with E-state index in [-0.39, 0.29) is 35.9 Å². The Morgan fingerprint density at radius 1 is 1.43 bits per heavy atom. The fourth-order valence-electron chi connectivity index (χ4n) is 1.55. The molecule has 21 heavy (non-hydrogen) atoms. The van der Waals surface area contributed by atoms with Gasteiger partial charge in [-0.15, -0.1) is 24.0 Å². The van der Waals surface area contributed by atoms with Crippen LogP contribution in [-0.2, 0) is 11.3 Å². The van der Waals surface area contributed by atoms with Gasteiger partial charge in [-0.1, -0.05) is 6.92 Å². The van der Waals surface area contributed by atoms with Crippen LogP contribution >= 0.6 is 24.0 Å². The Hall–Kier alpha value is -1.25. The van der Waals surface area contributed by atoms with Crippen molar-refractivity contribution in [2.45, 2.75) is 39.3 Å². The number of halogens is 1. The van der Waals surface area contributed by atoms with Gasteiger partial charge in [0.2, 0.25) is 5.91 Å². The van der Waals surface area contributed by atoms with E-state index in [1.807, 2.05) is 26.0 Å². The maximum absolute atomic E-state index is 11.6. The fourth-order valence-corrected chi connectivity index (χ4v) is 1.55. The van der Waals surface area contributed by atoms with E-state index in [0.29, 0.717) is 25.5 Å². The molecule has 0 saturated heterocycles. The topological polar surface area (TPSA) is 78.7 Å². The Labute approximate surface area is 143 Å². The van der Waals surface area contributed by atoms with Gasteiger partial charge in [0.15, 0.2) is 5.96 Å². The highest BCUT2D eigenvalue weighted by Crippen LogP contribution is 1.98. The van der Waals surface area contributed by atoms with E-state index in [2.05, 4.69) is 20.9 Å². The fraction of sp³-hybridized carbons (Fsp3) is 0.571. The van der Waals surface area contributed by atoms with Crippen molar-refractivity contribution in [2.24, 2.45) is 4.99 Å². The monoisotopic (exact) mass is 408 g/mol. The second kappa shape index (κ2) is 11.4. The molecule has 0 aromatic carbocycles. The average Bonchev–Trinajstić information content (AvgIpc) is 2.95. The van der Waals surface area contributed by atoms with E-state index in [1.54, 1.807) is 13.3 Å². The predicted molar refractivity (Wildman–Crippen MR) is 94.8 cm³/mol. The number of furan rings is 1. The van der Waals surface area contributed by atoms with Crippen molar-refractivity contribution in [3.05, 3.63) is 24.2 Å². The number of aliphatic imine (C=N–C) groups is 1. The zero-order valence-corrected chi connectivity index (χ0v) is 15.1. The van der Waals surface area contributed by atoms with Gasteiger partial charge >= 0.3 is 0 Å². The Morgan fingerprint density at radius 3 is 2.76 bits per heavy atom. The average molecular weight is 408 g/mol. The molecule has 0 bridgehead atoms. The molecule has 0 aliphatic rings. The van der Waals surface area contributed by atoms with Crippen LogP contribution in [0.15, 0.2) is 27.8 Å². The summed E-state index contributed by atoms with van der Waals surface area (Å²) in [6, 6.07) is 3.95. The van der Waals surface area contributed by atoms with Gasteiger partial charge in [0.25, 0.3) is 0 Å². The maximum Gasteiger partial charge on any atom is 0.221 e. The summed E-state index contributed by atoms with van der Waals surface area (Å²) < 4.78 is 5.22. The molecule has 120 valence electrons. The summed E-state index contributed by atoms with van der Waals surface area (Å²) in [6.45, 7) is 5.14. The van der Waals surface area contributed by atoms with Crippen molar-refractivity contribution in [2.75, 3.05) is 13.6 Å². The molecule has 0 fully saturated rings. The van der Waals surface area contributed by atoms with Gasteiger partial charge in [-0.2, -0.15) is 0 Å². The summed E-state index contributed by atoms with van der Waals surface area (Å²) in [4.78, 5) is 15.7. The summed E-state index contributed by atoms with van der Waals surface area (Å²) in [5.41, 5.74) is 0. The third-order valence-electron chi connectivity index (χ3n) is 2.90. The minimum atomic E-state index is 0. The molecule has 1 heterocycles. The molecule has 1 amide bonds. The Bertz CT molecular complexity index is 421. The lowest BCUT2D eigenvalue weighted by Gasteiger charge is -2.13. The van der Waals surface area contributed by atoms with Crippen molar-refractivity contribution in [1.29, 1.82) is 0 Å². The van der Waals surface area contributed by atoms with Gasteiger partial charge in [-0.3, -0.25) is 9.79 Å². The zero-order chi connectivity index (χ0) is 14.8. The molecule has 6 nitrogen and oxygen atoms in total. The van der Waals surface area contributed by atoms with Crippen LogP contribution in [0.4, 0.5) is 0 Å². The minimum Gasteiger partial charge on any atom is -0.467 e. The second-order valence-corrected chi connectivity index (χ2v) is 4.56. The molecule has 1 unspecified atom stereocenters. The van der Waals surface area contributed by atoms with Crippen LogP contribution in [0, 0.1) is 0 Å². The van der Waals surface area contributed by atoms with Crippen molar-refractivity contribution >= 4 is 35.8 Å². The first-order valence-corrected chi connectivity index (χ1v) is 6.92. The maximum atomic E-state index is 11.6. The van der Waals surface area contributed by atoms with E-state index in [4.69, 9.17) is 4.42 Å². The van der Waals surface area contributed by atoms with E-state index < -0.39 is 0 Å². The molecule has 0 aliphatic carbocycles. The Balaban J connectivity index is 0.00000400. The number of hydrogen-bond donors (Lipinski definition) is 3. The van der Waals surface area contributed by atoms with Crippen LogP contribution < -0.4 is 16.0 Å². The second-order valence-electron chi connectivity index (χ2n) is 4.56. The Kier molecular flexibility index (Phi) is 10.7. The third kappa shape index (κ3) is 8.59. The number of carbonyl (C=O) groups excluding carboxylic acids is 1. The summed E-state index contributed by atoms with van der Waals surface area (Å²) in [5.74, 6) is 1.54. The molecule has 0 saturated carbocycles. The molecule has 3 N–H and O–H groups in total. The summed E-state index contributed by atoms with van der Waals surface area (Å²) >= 11 is 0. The lowest BCUT2D eigenvalue weighted by Crippen LogP contribution is -2.40. The normalized spacial score (nSPS) is 12.2. The quantitative estimate of drug-likeness (QED) is 0.366. The van der Waals surface area contributed by atoms with Gasteiger partial charge in [-0.05, 0) is 25.5 Å². The van der Waals surface area contributed by atoms with Gasteiger partial charge in [0, 0.05) is 26.1 Å². The largest absolute Gasteiger partial charge is 0.467 e. The number of carbonyl (C=O) groups is 1. The van der Waals surface area contributed by atoms with Crippen molar-refractivity contribution in [3.63, 3.8) is 0 Å². The Morgan fingerprint density at radius 2 is 2.19 bits per heavy atom. The summed E-state index contributed by atoms with van der Waals surface area (Å²) in [7, 11) is 1.69. The molecule has 1 atom stereocenters. The predicted octanol–water partition coefficient (Wildman–Crippen LogP) is 1.87. The first kappa shape index (κ1) is 19.8. The highest BCUT2D eigenvalue weighted by molar-refractivity contribution is 14.0. The van der Waals surface area contributed by atoms with Crippen LogP contribution in [0.2, 0.25) is 0 Å². The standard InChI is InChI=1S/C14H24N4O2.HI/c1-4-11(2)18-13(19)7-8-16-14(15-3)17-10-12-6-5-9-20-12;/h5-6,9,11H,4,7-8,10H2,1-3H3,(H,18,19)(H2,15,16,17);1H. The van der Waals surface area contributed by atoms with E-state index in [0.717, 1.165) is 12.2 Å². The van der Waals surface area contributed by atoms with Gasteiger partial charge in [-0.25, -0.2) is 0 Å². The van der Waals surface area contributed by atoms with Crippen LogP contribution in [0.5, 0.6) is 0 Å². The smallest absolute Gasteiger partial charge is 0.221 e.